The Hall–Kier alpha value is -1.20. The van der Waals surface area contributed by atoms with Crippen molar-refractivity contribution in [1.29, 1.82) is 0 Å². The molecule has 0 spiro atoms. The van der Waals surface area contributed by atoms with Crippen LogP contribution in [0.2, 0.25) is 5.02 Å². The van der Waals surface area contributed by atoms with E-state index in [4.69, 9.17) is 23.1 Å². The van der Waals surface area contributed by atoms with Crippen LogP contribution >= 0.6 is 11.6 Å². The number of hydrogen-bond donors (Lipinski definition) is 3. The van der Waals surface area contributed by atoms with Crippen LogP contribution in [0.15, 0.2) is 6.07 Å². The van der Waals surface area contributed by atoms with E-state index in [-0.39, 0.29) is 28.1 Å². The highest BCUT2D eigenvalue weighted by atomic mass is 35.5. The van der Waals surface area contributed by atoms with Crippen molar-refractivity contribution >= 4 is 28.7 Å². The number of rotatable bonds is 5. The van der Waals surface area contributed by atoms with Crippen molar-refractivity contribution < 1.29 is 4.39 Å². The topological polar surface area (TPSA) is 67.3 Å². The molecule has 0 radical (unpaired) electrons. The molecule has 1 atom stereocenters. The van der Waals surface area contributed by atoms with Gasteiger partial charge in [-0.1, -0.05) is 25.4 Å². The molecule has 19 heavy (non-hydrogen) atoms. The fourth-order valence-electron chi connectivity index (χ4n) is 1.81. The predicted octanol–water partition coefficient (Wildman–Crippen LogP) is 2.64. The Labute approximate surface area is 118 Å². The molecule has 0 aromatic heterocycles. The fourth-order valence-corrected chi connectivity index (χ4v) is 1.96. The molecule has 1 unspecified atom stereocenters. The summed E-state index contributed by atoms with van der Waals surface area (Å²) in [5.74, 6) is -0.277. The molecule has 5 N–H and O–H groups in total. The van der Waals surface area contributed by atoms with Crippen molar-refractivity contribution in [3.63, 3.8) is 0 Å². The highest BCUT2D eigenvalue weighted by Gasteiger charge is 2.20. The van der Waals surface area contributed by atoms with Gasteiger partial charge in [-0.05, 0) is 26.1 Å². The van der Waals surface area contributed by atoms with Crippen molar-refractivity contribution in [3.8, 4) is 0 Å². The third-order valence-corrected chi connectivity index (χ3v) is 3.35. The van der Waals surface area contributed by atoms with Crippen molar-refractivity contribution in [1.82, 2.24) is 4.90 Å². The summed E-state index contributed by atoms with van der Waals surface area (Å²) in [7, 11) is 3.93. The average molecular weight is 289 g/mol. The fraction of sp³-hybridized carbons (Fsp3) is 0.538. The number of nitrogens with two attached hydrogens (primary N) is 2. The zero-order valence-corrected chi connectivity index (χ0v) is 12.6. The first-order valence-electron chi connectivity index (χ1n) is 6.18. The molecule has 0 heterocycles. The number of nitrogens with one attached hydrogen (secondary N) is 1. The molecule has 6 heteroatoms. The van der Waals surface area contributed by atoms with E-state index in [0.717, 1.165) is 6.54 Å². The van der Waals surface area contributed by atoms with Gasteiger partial charge in [-0.2, -0.15) is 0 Å². The van der Waals surface area contributed by atoms with Crippen LogP contribution in [0.1, 0.15) is 13.8 Å². The van der Waals surface area contributed by atoms with Crippen molar-refractivity contribution in [2.45, 2.75) is 19.9 Å². The summed E-state index contributed by atoms with van der Waals surface area (Å²) in [5, 5.41) is 3.04. The molecule has 1 rings (SSSR count). The largest absolute Gasteiger partial charge is 0.397 e. The molecular formula is C13H22ClFN4. The van der Waals surface area contributed by atoms with E-state index >= 15 is 0 Å². The molecule has 108 valence electrons. The third-order valence-electron chi connectivity index (χ3n) is 2.96. The van der Waals surface area contributed by atoms with E-state index in [1.165, 1.54) is 6.07 Å². The lowest BCUT2D eigenvalue weighted by Gasteiger charge is -2.27. The van der Waals surface area contributed by atoms with Gasteiger partial charge in [0.05, 0.1) is 17.1 Å². The van der Waals surface area contributed by atoms with Crippen LogP contribution in [0, 0.1) is 11.7 Å². The number of benzene rings is 1. The Balaban J connectivity index is 3.06. The summed E-state index contributed by atoms with van der Waals surface area (Å²) in [6, 6.07) is 1.53. The Morgan fingerprint density at radius 3 is 2.37 bits per heavy atom. The van der Waals surface area contributed by atoms with Gasteiger partial charge in [0.2, 0.25) is 0 Å². The highest BCUT2D eigenvalue weighted by molar-refractivity contribution is 6.33. The zero-order chi connectivity index (χ0) is 14.7. The minimum Gasteiger partial charge on any atom is -0.397 e. The molecule has 0 fully saturated rings. The van der Waals surface area contributed by atoms with Gasteiger partial charge in [0, 0.05) is 12.6 Å². The summed E-state index contributed by atoms with van der Waals surface area (Å²) >= 11 is 5.82. The molecule has 0 saturated heterocycles. The molecule has 0 saturated carbocycles. The highest BCUT2D eigenvalue weighted by Crippen LogP contribution is 2.34. The molecule has 0 bridgehead atoms. The second-order valence-corrected chi connectivity index (χ2v) is 5.69. The maximum absolute atomic E-state index is 14.1. The van der Waals surface area contributed by atoms with Crippen LogP contribution in [0.3, 0.4) is 0 Å². The maximum atomic E-state index is 14.1. The van der Waals surface area contributed by atoms with Gasteiger partial charge in [0.1, 0.15) is 5.02 Å². The number of nitrogen functional groups attached to an aromatic ring is 2. The van der Waals surface area contributed by atoms with Crippen LogP contribution in [-0.2, 0) is 0 Å². The molecular weight excluding hydrogens is 267 g/mol. The summed E-state index contributed by atoms with van der Waals surface area (Å²) in [4.78, 5) is 2.03. The van der Waals surface area contributed by atoms with Crippen LogP contribution in [-0.4, -0.2) is 31.6 Å². The van der Waals surface area contributed by atoms with Crippen molar-refractivity contribution in [2.24, 2.45) is 5.92 Å². The standard InChI is InChI=1S/C13H22ClFN4/c1-7(2)10(6-19(3)4)18-13-9(17)5-8(16)11(14)12(13)15/h5,7,10,18H,6,16-17H2,1-4H3. The normalized spacial score (nSPS) is 13.1. The molecule has 0 amide bonds. The second kappa shape index (κ2) is 6.30. The number of anilines is 3. The number of halogens is 2. The molecule has 0 aliphatic carbocycles. The third kappa shape index (κ3) is 3.88. The van der Waals surface area contributed by atoms with E-state index in [1.54, 1.807) is 0 Å². The maximum Gasteiger partial charge on any atom is 0.169 e. The van der Waals surface area contributed by atoms with Gasteiger partial charge < -0.3 is 21.7 Å². The Bertz CT molecular complexity index is 449. The van der Waals surface area contributed by atoms with Gasteiger partial charge in [0.25, 0.3) is 0 Å². The first-order valence-corrected chi connectivity index (χ1v) is 6.56. The molecule has 4 nitrogen and oxygen atoms in total. The first-order chi connectivity index (χ1) is 8.73. The lowest BCUT2D eigenvalue weighted by Crippen LogP contribution is -2.37. The Morgan fingerprint density at radius 1 is 1.32 bits per heavy atom. The number of nitrogens with zero attached hydrogens (tertiary/aromatic N) is 1. The summed E-state index contributed by atoms with van der Waals surface area (Å²) in [6.45, 7) is 4.89. The van der Waals surface area contributed by atoms with Crippen LogP contribution in [0.25, 0.3) is 0 Å². The van der Waals surface area contributed by atoms with Crippen LogP contribution < -0.4 is 16.8 Å². The lowest BCUT2D eigenvalue weighted by atomic mass is 10.0. The first kappa shape index (κ1) is 15.9. The smallest absolute Gasteiger partial charge is 0.169 e. The zero-order valence-electron chi connectivity index (χ0n) is 11.8. The van der Waals surface area contributed by atoms with Crippen LogP contribution in [0.5, 0.6) is 0 Å². The minimum atomic E-state index is -0.594. The van der Waals surface area contributed by atoms with Crippen molar-refractivity contribution in [3.05, 3.63) is 16.9 Å². The van der Waals surface area contributed by atoms with Gasteiger partial charge in [-0.3, -0.25) is 0 Å². The van der Waals surface area contributed by atoms with E-state index < -0.39 is 5.82 Å². The van der Waals surface area contributed by atoms with E-state index in [2.05, 4.69) is 19.2 Å². The molecule has 0 aliphatic rings. The second-order valence-electron chi connectivity index (χ2n) is 5.32. The Morgan fingerprint density at radius 2 is 1.89 bits per heavy atom. The predicted molar refractivity (Wildman–Crippen MR) is 81.0 cm³/mol. The van der Waals surface area contributed by atoms with Gasteiger partial charge in [-0.25, -0.2) is 4.39 Å². The van der Waals surface area contributed by atoms with Gasteiger partial charge in [0.15, 0.2) is 5.82 Å². The SMILES string of the molecule is CC(C)C(CN(C)C)Nc1c(N)cc(N)c(Cl)c1F. The lowest BCUT2D eigenvalue weighted by molar-refractivity contribution is 0.344. The van der Waals surface area contributed by atoms with E-state index in [1.807, 2.05) is 19.0 Å². The van der Waals surface area contributed by atoms with Crippen LogP contribution in [0.4, 0.5) is 21.5 Å². The molecule has 1 aromatic rings. The summed E-state index contributed by atoms with van der Waals surface area (Å²) in [6.07, 6.45) is 0. The minimum absolute atomic E-state index is 0.0616. The van der Waals surface area contributed by atoms with Gasteiger partial charge in [-0.15, -0.1) is 0 Å². The summed E-state index contributed by atoms with van der Waals surface area (Å²) in [5.41, 5.74) is 12.0. The number of likely N-dealkylation sites (N-methyl/N-ethyl adjacent to an activating group) is 1. The van der Waals surface area contributed by atoms with E-state index in [9.17, 15) is 4.39 Å². The number of hydrogen-bond acceptors (Lipinski definition) is 4. The quantitative estimate of drug-likeness (QED) is 0.729. The Kier molecular flexibility index (Phi) is 5.26. The molecule has 1 aromatic carbocycles. The summed E-state index contributed by atoms with van der Waals surface area (Å²) < 4.78 is 14.1. The average Bonchev–Trinajstić information content (AvgIpc) is 2.29. The van der Waals surface area contributed by atoms with Crippen molar-refractivity contribution in [2.75, 3.05) is 37.4 Å². The molecule has 0 aliphatic heterocycles. The van der Waals surface area contributed by atoms with E-state index in [0.29, 0.717) is 5.92 Å². The van der Waals surface area contributed by atoms with Gasteiger partial charge >= 0.3 is 0 Å². The monoisotopic (exact) mass is 288 g/mol.